The van der Waals surface area contributed by atoms with Gasteiger partial charge in [-0.1, -0.05) is 18.2 Å². The molecule has 0 bridgehead atoms. The van der Waals surface area contributed by atoms with Gasteiger partial charge in [0.15, 0.2) is 0 Å². The minimum Gasteiger partial charge on any atom is -0.508 e. The molecule has 0 radical (unpaired) electrons. The summed E-state index contributed by atoms with van der Waals surface area (Å²) < 4.78 is 13.7. The van der Waals surface area contributed by atoms with E-state index in [4.69, 9.17) is 10.2 Å². The summed E-state index contributed by atoms with van der Waals surface area (Å²) in [6.07, 6.45) is 0. The lowest BCUT2D eigenvalue weighted by Gasteiger charge is -2.04. The highest BCUT2D eigenvalue weighted by atomic mass is 19.1. The summed E-state index contributed by atoms with van der Waals surface area (Å²) in [6.45, 7) is 0. The molecule has 0 amide bonds. The molecule has 0 saturated heterocycles. The predicted molar refractivity (Wildman–Crippen MR) is 60.5 cm³/mol. The average Bonchev–Trinajstić information content (AvgIpc) is 2.30. The molecular formula is C13H9FO3. The molecule has 2 aromatic rings. The van der Waals surface area contributed by atoms with Gasteiger partial charge in [0.2, 0.25) is 0 Å². The summed E-state index contributed by atoms with van der Waals surface area (Å²) >= 11 is 0. The van der Waals surface area contributed by atoms with Crippen LogP contribution in [0.1, 0.15) is 10.4 Å². The monoisotopic (exact) mass is 232 g/mol. The maximum atomic E-state index is 13.7. The molecule has 0 aromatic heterocycles. The molecule has 0 aliphatic carbocycles. The molecule has 0 spiro atoms. The normalized spacial score (nSPS) is 10.2. The molecular weight excluding hydrogens is 223 g/mol. The van der Waals surface area contributed by atoms with Crippen molar-refractivity contribution in [3.05, 3.63) is 53.8 Å². The van der Waals surface area contributed by atoms with Crippen LogP contribution in [-0.4, -0.2) is 16.2 Å². The number of benzene rings is 2. The summed E-state index contributed by atoms with van der Waals surface area (Å²) in [5, 5.41) is 17.8. The summed E-state index contributed by atoms with van der Waals surface area (Å²) in [4.78, 5) is 10.6. The second-order valence-electron chi connectivity index (χ2n) is 3.55. The highest BCUT2D eigenvalue weighted by molar-refractivity contribution is 5.88. The molecule has 0 heterocycles. The number of hydrogen-bond acceptors (Lipinski definition) is 2. The maximum Gasteiger partial charge on any atom is 0.335 e. The number of carboxylic acid groups (broad SMARTS) is 1. The van der Waals surface area contributed by atoms with E-state index in [1.165, 1.54) is 24.3 Å². The molecule has 0 saturated carbocycles. The van der Waals surface area contributed by atoms with E-state index < -0.39 is 11.8 Å². The van der Waals surface area contributed by atoms with Crippen molar-refractivity contribution < 1.29 is 19.4 Å². The Hall–Kier alpha value is -2.36. The van der Waals surface area contributed by atoms with Crippen molar-refractivity contribution in [2.45, 2.75) is 0 Å². The van der Waals surface area contributed by atoms with E-state index in [2.05, 4.69) is 0 Å². The lowest BCUT2D eigenvalue weighted by Crippen LogP contribution is -1.97. The van der Waals surface area contributed by atoms with Crippen molar-refractivity contribution >= 4 is 5.97 Å². The molecule has 3 nitrogen and oxygen atoms in total. The SMILES string of the molecule is O=C(O)c1ccc(-c2ccc(O)cc2)c(F)c1. The van der Waals surface area contributed by atoms with Crippen molar-refractivity contribution in [1.29, 1.82) is 0 Å². The third-order valence-electron chi connectivity index (χ3n) is 2.39. The van der Waals surface area contributed by atoms with Gasteiger partial charge >= 0.3 is 5.97 Å². The Morgan fingerprint density at radius 3 is 2.24 bits per heavy atom. The van der Waals surface area contributed by atoms with E-state index in [9.17, 15) is 9.18 Å². The van der Waals surface area contributed by atoms with Gasteiger partial charge in [-0.2, -0.15) is 0 Å². The maximum absolute atomic E-state index is 13.7. The van der Waals surface area contributed by atoms with Gasteiger partial charge in [0.25, 0.3) is 0 Å². The minimum absolute atomic E-state index is 0.0926. The molecule has 17 heavy (non-hydrogen) atoms. The topological polar surface area (TPSA) is 57.5 Å². The number of aromatic carboxylic acids is 1. The van der Waals surface area contributed by atoms with Crippen molar-refractivity contribution in [3.63, 3.8) is 0 Å². The summed E-state index contributed by atoms with van der Waals surface area (Å²) in [6, 6.07) is 9.74. The lowest BCUT2D eigenvalue weighted by atomic mass is 10.0. The number of halogens is 1. The van der Waals surface area contributed by atoms with Gasteiger partial charge in [0, 0.05) is 5.56 Å². The Morgan fingerprint density at radius 1 is 1.06 bits per heavy atom. The van der Waals surface area contributed by atoms with Gasteiger partial charge in [-0.05, 0) is 29.8 Å². The fraction of sp³-hybridized carbons (Fsp3) is 0. The standard InChI is InChI=1S/C13H9FO3/c14-12-7-9(13(16)17)3-6-11(12)8-1-4-10(15)5-2-8/h1-7,15H,(H,16,17). The summed E-state index contributed by atoms with van der Waals surface area (Å²) in [5.74, 6) is -1.67. The molecule has 2 rings (SSSR count). The van der Waals surface area contributed by atoms with Gasteiger partial charge in [-0.25, -0.2) is 9.18 Å². The summed E-state index contributed by atoms with van der Waals surface area (Å²) in [5.41, 5.74) is 0.789. The van der Waals surface area contributed by atoms with Crippen molar-refractivity contribution in [1.82, 2.24) is 0 Å². The lowest BCUT2D eigenvalue weighted by molar-refractivity contribution is 0.0696. The Morgan fingerprint density at radius 2 is 1.71 bits per heavy atom. The van der Waals surface area contributed by atoms with E-state index in [1.807, 2.05) is 0 Å². The van der Waals surface area contributed by atoms with Gasteiger partial charge in [-0.3, -0.25) is 0 Å². The Bertz CT molecular complexity index is 561. The van der Waals surface area contributed by atoms with Crippen LogP contribution in [0.3, 0.4) is 0 Å². The van der Waals surface area contributed by atoms with E-state index in [0.717, 1.165) is 6.07 Å². The van der Waals surface area contributed by atoms with Crippen LogP contribution in [0.4, 0.5) is 4.39 Å². The number of rotatable bonds is 2. The second kappa shape index (κ2) is 4.25. The first kappa shape index (κ1) is 11.1. The van der Waals surface area contributed by atoms with E-state index in [0.29, 0.717) is 11.1 Å². The quantitative estimate of drug-likeness (QED) is 0.836. The Labute approximate surface area is 96.8 Å². The zero-order chi connectivity index (χ0) is 12.4. The number of hydrogen-bond donors (Lipinski definition) is 2. The highest BCUT2D eigenvalue weighted by Crippen LogP contribution is 2.25. The van der Waals surface area contributed by atoms with E-state index in [1.54, 1.807) is 12.1 Å². The molecule has 0 fully saturated rings. The van der Waals surface area contributed by atoms with Crippen molar-refractivity contribution in [2.24, 2.45) is 0 Å². The van der Waals surface area contributed by atoms with Crippen LogP contribution in [0.5, 0.6) is 5.75 Å². The van der Waals surface area contributed by atoms with Gasteiger partial charge < -0.3 is 10.2 Å². The molecule has 0 unspecified atom stereocenters. The first-order valence-corrected chi connectivity index (χ1v) is 4.90. The molecule has 2 N–H and O–H groups in total. The Balaban J connectivity index is 2.46. The average molecular weight is 232 g/mol. The largest absolute Gasteiger partial charge is 0.508 e. The van der Waals surface area contributed by atoms with Crippen LogP contribution < -0.4 is 0 Å². The predicted octanol–water partition coefficient (Wildman–Crippen LogP) is 2.90. The fourth-order valence-electron chi connectivity index (χ4n) is 1.52. The summed E-state index contributed by atoms with van der Waals surface area (Å²) in [7, 11) is 0. The van der Waals surface area contributed by atoms with Gasteiger partial charge in [0.05, 0.1) is 5.56 Å². The van der Waals surface area contributed by atoms with E-state index >= 15 is 0 Å². The van der Waals surface area contributed by atoms with Crippen LogP contribution in [0, 0.1) is 5.82 Å². The number of phenolic OH excluding ortho intramolecular Hbond substituents is 1. The van der Waals surface area contributed by atoms with Crippen LogP contribution >= 0.6 is 0 Å². The smallest absolute Gasteiger partial charge is 0.335 e. The van der Waals surface area contributed by atoms with Crippen LogP contribution in [-0.2, 0) is 0 Å². The van der Waals surface area contributed by atoms with Crippen LogP contribution in [0.25, 0.3) is 11.1 Å². The molecule has 2 aromatic carbocycles. The fourth-order valence-corrected chi connectivity index (χ4v) is 1.52. The molecule has 4 heteroatoms. The number of carbonyl (C=O) groups is 1. The van der Waals surface area contributed by atoms with Crippen LogP contribution in [0.15, 0.2) is 42.5 Å². The number of aromatic hydroxyl groups is 1. The van der Waals surface area contributed by atoms with E-state index in [-0.39, 0.29) is 11.3 Å². The molecule has 86 valence electrons. The number of carboxylic acids is 1. The first-order valence-electron chi connectivity index (χ1n) is 4.90. The highest BCUT2D eigenvalue weighted by Gasteiger charge is 2.09. The van der Waals surface area contributed by atoms with Crippen molar-refractivity contribution in [2.75, 3.05) is 0 Å². The van der Waals surface area contributed by atoms with Gasteiger partial charge in [0.1, 0.15) is 11.6 Å². The third kappa shape index (κ3) is 2.25. The Kier molecular flexibility index (Phi) is 2.78. The zero-order valence-corrected chi connectivity index (χ0v) is 8.72. The molecule has 0 aliphatic heterocycles. The second-order valence-corrected chi connectivity index (χ2v) is 3.55. The number of phenols is 1. The molecule has 0 aliphatic rings. The minimum atomic E-state index is -1.17. The molecule has 0 atom stereocenters. The van der Waals surface area contributed by atoms with Crippen molar-refractivity contribution in [3.8, 4) is 16.9 Å². The van der Waals surface area contributed by atoms with Gasteiger partial charge in [-0.15, -0.1) is 0 Å². The van der Waals surface area contributed by atoms with Crippen LogP contribution in [0.2, 0.25) is 0 Å². The zero-order valence-electron chi connectivity index (χ0n) is 8.72. The third-order valence-corrected chi connectivity index (χ3v) is 2.39. The first-order chi connectivity index (χ1) is 8.08.